The number of nitrogens with zero attached hydrogens (tertiary/aromatic N) is 3. The van der Waals surface area contributed by atoms with Gasteiger partial charge >= 0.3 is 5.76 Å². The number of nitro groups is 1. The van der Waals surface area contributed by atoms with Crippen molar-refractivity contribution in [2.45, 2.75) is 52.1 Å². The molecule has 0 aliphatic heterocycles. The van der Waals surface area contributed by atoms with E-state index in [1.165, 1.54) is 28.3 Å². The number of hydrogen-bond donors (Lipinski definition) is 0. The van der Waals surface area contributed by atoms with Crippen LogP contribution in [0.15, 0.2) is 51.7 Å². The Bertz CT molecular complexity index is 1150. The highest BCUT2D eigenvalue weighted by Crippen LogP contribution is 2.23. The predicted molar refractivity (Wildman–Crippen MR) is 118 cm³/mol. The third-order valence-electron chi connectivity index (χ3n) is 5.30. The van der Waals surface area contributed by atoms with E-state index in [0.29, 0.717) is 25.0 Å². The zero-order valence-corrected chi connectivity index (χ0v) is 18.3. The molecule has 0 saturated carbocycles. The fourth-order valence-corrected chi connectivity index (χ4v) is 3.43. The Morgan fingerprint density at radius 3 is 2.45 bits per heavy atom. The van der Waals surface area contributed by atoms with Crippen molar-refractivity contribution >= 4 is 22.7 Å². The molecule has 31 heavy (non-hydrogen) atoms. The fraction of sp³-hybridized carbons (Fsp3) is 0.391. The average molecular weight is 425 g/mol. The molecule has 8 heteroatoms. The molecule has 0 bridgehead atoms. The molecule has 1 amide bonds. The highest BCUT2D eigenvalue weighted by Gasteiger charge is 2.16. The van der Waals surface area contributed by atoms with Crippen LogP contribution >= 0.6 is 0 Å². The average Bonchev–Trinajstić information content (AvgIpc) is 3.02. The van der Waals surface area contributed by atoms with Crippen LogP contribution < -0.4 is 5.76 Å². The minimum absolute atomic E-state index is 0.0172. The van der Waals surface area contributed by atoms with Crippen molar-refractivity contribution in [3.8, 4) is 0 Å². The van der Waals surface area contributed by atoms with Crippen LogP contribution in [0.1, 0.15) is 44.7 Å². The molecule has 0 spiro atoms. The summed E-state index contributed by atoms with van der Waals surface area (Å²) in [6.07, 6.45) is 0.736. The van der Waals surface area contributed by atoms with E-state index in [1.54, 1.807) is 11.9 Å². The van der Waals surface area contributed by atoms with Crippen molar-refractivity contribution in [2.24, 2.45) is 0 Å². The Morgan fingerprint density at radius 1 is 1.16 bits per heavy atom. The second-order valence-corrected chi connectivity index (χ2v) is 8.73. The molecule has 0 radical (unpaired) electrons. The molecule has 0 N–H and O–H groups in total. The molecule has 3 rings (SSSR count). The first kappa shape index (κ1) is 22.3. The quantitative estimate of drug-likeness (QED) is 0.416. The van der Waals surface area contributed by atoms with Crippen LogP contribution in [0.25, 0.3) is 11.1 Å². The van der Waals surface area contributed by atoms with E-state index in [0.717, 1.165) is 5.56 Å². The Balaban J connectivity index is 1.58. The van der Waals surface area contributed by atoms with Crippen LogP contribution in [0.3, 0.4) is 0 Å². The summed E-state index contributed by atoms with van der Waals surface area (Å²) in [6, 6.07) is 12.3. The first-order chi connectivity index (χ1) is 14.6. The normalized spacial score (nSPS) is 11.6. The van der Waals surface area contributed by atoms with Crippen LogP contribution in [0.4, 0.5) is 5.69 Å². The minimum Gasteiger partial charge on any atom is -0.407 e. The lowest BCUT2D eigenvalue weighted by atomic mass is 9.87. The zero-order chi connectivity index (χ0) is 22.8. The highest BCUT2D eigenvalue weighted by molar-refractivity contribution is 5.76. The summed E-state index contributed by atoms with van der Waals surface area (Å²) in [5.74, 6) is -0.605. The topological polar surface area (TPSA) is 98.6 Å². The molecule has 0 aliphatic rings. The van der Waals surface area contributed by atoms with Crippen molar-refractivity contribution in [1.29, 1.82) is 0 Å². The molecule has 8 nitrogen and oxygen atoms in total. The van der Waals surface area contributed by atoms with Gasteiger partial charge in [0, 0.05) is 32.6 Å². The van der Waals surface area contributed by atoms with Gasteiger partial charge < -0.3 is 9.32 Å². The van der Waals surface area contributed by atoms with Gasteiger partial charge in [0.15, 0.2) is 5.58 Å². The van der Waals surface area contributed by atoms with Crippen molar-refractivity contribution in [1.82, 2.24) is 9.47 Å². The third kappa shape index (κ3) is 5.20. The van der Waals surface area contributed by atoms with Crippen molar-refractivity contribution in [2.75, 3.05) is 7.05 Å². The second-order valence-electron chi connectivity index (χ2n) is 8.73. The summed E-state index contributed by atoms with van der Waals surface area (Å²) in [6.45, 7) is 7.29. The van der Waals surface area contributed by atoms with E-state index in [2.05, 4.69) is 32.9 Å². The number of fused-ring (bicyclic) bond motifs is 1. The number of non-ortho nitro benzene ring substituents is 1. The van der Waals surface area contributed by atoms with Gasteiger partial charge in [0.1, 0.15) is 0 Å². The van der Waals surface area contributed by atoms with Gasteiger partial charge in [-0.05, 0) is 29.0 Å². The lowest BCUT2D eigenvalue weighted by molar-refractivity contribution is -0.384. The first-order valence-electron chi connectivity index (χ1n) is 10.2. The van der Waals surface area contributed by atoms with Crippen LogP contribution in [-0.4, -0.2) is 27.3 Å². The van der Waals surface area contributed by atoms with E-state index < -0.39 is 10.7 Å². The number of rotatable bonds is 7. The molecule has 1 aromatic heterocycles. The number of nitro benzene ring substituents is 1. The van der Waals surface area contributed by atoms with Crippen LogP contribution in [0.2, 0.25) is 0 Å². The number of carbonyl (C=O) groups excluding carboxylic acids is 1. The van der Waals surface area contributed by atoms with E-state index in [4.69, 9.17) is 4.42 Å². The zero-order valence-electron chi connectivity index (χ0n) is 18.3. The second kappa shape index (κ2) is 8.75. The Kier molecular flexibility index (Phi) is 6.29. The summed E-state index contributed by atoms with van der Waals surface area (Å²) in [7, 11) is 1.76. The van der Waals surface area contributed by atoms with Crippen LogP contribution in [-0.2, 0) is 23.3 Å². The van der Waals surface area contributed by atoms with Crippen molar-refractivity contribution in [3.63, 3.8) is 0 Å². The van der Waals surface area contributed by atoms with Gasteiger partial charge in [-0.3, -0.25) is 19.5 Å². The minimum atomic E-state index is -0.588. The van der Waals surface area contributed by atoms with Gasteiger partial charge in [0.25, 0.3) is 5.69 Å². The monoisotopic (exact) mass is 425 g/mol. The number of benzene rings is 2. The molecule has 0 aliphatic carbocycles. The highest BCUT2D eigenvalue weighted by atomic mass is 16.6. The molecule has 0 fully saturated rings. The first-order valence-corrected chi connectivity index (χ1v) is 10.2. The molecule has 1 heterocycles. The number of carbonyl (C=O) groups is 1. The van der Waals surface area contributed by atoms with Gasteiger partial charge in [-0.15, -0.1) is 0 Å². The van der Waals surface area contributed by atoms with E-state index in [-0.39, 0.29) is 29.0 Å². The molecule has 164 valence electrons. The largest absolute Gasteiger partial charge is 0.419 e. The SMILES string of the molecule is CN(Cc1ccc(C(C)(C)C)cc1)C(=O)CCCn1c(=O)oc2cc([N+](=O)[O-])ccc21. The number of aryl methyl sites for hydroxylation is 1. The molecule has 0 saturated heterocycles. The third-order valence-corrected chi connectivity index (χ3v) is 5.30. The van der Waals surface area contributed by atoms with Gasteiger partial charge in [-0.2, -0.15) is 0 Å². The standard InChI is InChI=1S/C23H27N3O5/c1-23(2,3)17-9-7-16(8-10-17)15-24(4)21(27)6-5-13-25-19-12-11-18(26(29)30)14-20(19)31-22(25)28/h7-12,14H,5-6,13,15H2,1-4H3. The number of oxazole rings is 1. The lowest BCUT2D eigenvalue weighted by Crippen LogP contribution is -2.26. The molecular weight excluding hydrogens is 398 g/mol. The van der Waals surface area contributed by atoms with Crippen LogP contribution in [0, 0.1) is 10.1 Å². The van der Waals surface area contributed by atoms with Crippen LogP contribution in [0.5, 0.6) is 0 Å². The van der Waals surface area contributed by atoms with Gasteiger partial charge in [-0.25, -0.2) is 4.79 Å². The molecule has 0 unspecified atom stereocenters. The number of aromatic nitrogens is 1. The maximum absolute atomic E-state index is 12.5. The van der Waals surface area contributed by atoms with E-state index >= 15 is 0 Å². The van der Waals surface area contributed by atoms with Gasteiger partial charge in [-0.1, -0.05) is 45.0 Å². The summed E-state index contributed by atoms with van der Waals surface area (Å²) >= 11 is 0. The van der Waals surface area contributed by atoms with Gasteiger partial charge in [0.2, 0.25) is 5.91 Å². The fourth-order valence-electron chi connectivity index (χ4n) is 3.43. The smallest absolute Gasteiger partial charge is 0.407 e. The summed E-state index contributed by atoms with van der Waals surface area (Å²) in [5, 5.41) is 10.9. The summed E-state index contributed by atoms with van der Waals surface area (Å²) in [5.41, 5.74) is 2.90. The molecule has 3 aromatic rings. The maximum Gasteiger partial charge on any atom is 0.419 e. The number of hydrogen-bond acceptors (Lipinski definition) is 5. The maximum atomic E-state index is 12.5. The number of amides is 1. The predicted octanol–water partition coefficient (Wildman–Crippen LogP) is 4.24. The van der Waals surface area contributed by atoms with E-state index in [9.17, 15) is 19.7 Å². The van der Waals surface area contributed by atoms with Gasteiger partial charge in [0.05, 0.1) is 16.5 Å². The lowest BCUT2D eigenvalue weighted by Gasteiger charge is -2.21. The Morgan fingerprint density at radius 2 is 1.84 bits per heavy atom. The van der Waals surface area contributed by atoms with Crippen molar-refractivity contribution < 1.29 is 14.1 Å². The summed E-state index contributed by atoms with van der Waals surface area (Å²) in [4.78, 5) is 36.6. The Hall–Kier alpha value is -3.42. The summed E-state index contributed by atoms with van der Waals surface area (Å²) < 4.78 is 6.52. The Labute approximate surface area is 180 Å². The molecule has 2 aromatic carbocycles. The molecule has 0 atom stereocenters. The van der Waals surface area contributed by atoms with Crippen molar-refractivity contribution in [3.05, 3.63) is 74.3 Å². The van der Waals surface area contributed by atoms with E-state index in [1.807, 2.05) is 12.1 Å². The molecular formula is C23H27N3O5.